The Morgan fingerprint density at radius 2 is 1.82 bits per heavy atom. The highest BCUT2D eigenvalue weighted by Crippen LogP contribution is 2.29. The van der Waals surface area contributed by atoms with Crippen molar-refractivity contribution in [2.24, 2.45) is 5.92 Å². The normalized spacial score (nSPS) is 14.4. The zero-order valence-electron chi connectivity index (χ0n) is 11.1. The third kappa shape index (κ3) is 4.04. The summed E-state index contributed by atoms with van der Waals surface area (Å²) < 4.78 is 5.12. The second-order valence-corrected chi connectivity index (χ2v) is 4.53. The number of rotatable bonds is 7. The molecule has 2 nitrogen and oxygen atoms in total. The number of ether oxygens (including phenoxy) is 1. The number of aliphatic hydroxyl groups is 1. The lowest BCUT2D eigenvalue weighted by Crippen LogP contribution is -2.11. The Morgan fingerprint density at radius 3 is 2.29 bits per heavy atom. The van der Waals surface area contributed by atoms with Crippen molar-refractivity contribution in [1.82, 2.24) is 0 Å². The molecule has 0 amide bonds. The molecule has 1 N–H and O–H groups in total. The summed E-state index contributed by atoms with van der Waals surface area (Å²) >= 11 is 0. The summed E-state index contributed by atoms with van der Waals surface area (Å²) in [6.07, 6.45) is 4.14. The zero-order valence-corrected chi connectivity index (χ0v) is 11.1. The molecule has 0 radical (unpaired) electrons. The fourth-order valence-electron chi connectivity index (χ4n) is 2.12. The van der Waals surface area contributed by atoms with Crippen LogP contribution in [-0.4, -0.2) is 12.2 Å². The number of hydrogen-bond acceptors (Lipinski definition) is 2. The SMILES string of the molecule is CCCCC(CC)C(O)c1ccc(OC)cc1. The van der Waals surface area contributed by atoms with E-state index in [1.165, 1.54) is 12.8 Å². The predicted molar refractivity (Wildman–Crippen MR) is 71.3 cm³/mol. The van der Waals surface area contributed by atoms with E-state index < -0.39 is 0 Å². The minimum atomic E-state index is -0.350. The first kappa shape index (κ1) is 14.0. The van der Waals surface area contributed by atoms with E-state index in [0.717, 1.165) is 24.2 Å². The van der Waals surface area contributed by atoms with Gasteiger partial charge in [0.15, 0.2) is 0 Å². The molecule has 2 heteroatoms. The van der Waals surface area contributed by atoms with Crippen LogP contribution in [0.15, 0.2) is 24.3 Å². The van der Waals surface area contributed by atoms with Crippen LogP contribution in [0.3, 0.4) is 0 Å². The van der Waals surface area contributed by atoms with Crippen LogP contribution >= 0.6 is 0 Å². The summed E-state index contributed by atoms with van der Waals surface area (Å²) in [5, 5.41) is 10.3. The maximum atomic E-state index is 10.3. The van der Waals surface area contributed by atoms with Gasteiger partial charge < -0.3 is 9.84 Å². The van der Waals surface area contributed by atoms with Gasteiger partial charge in [0.1, 0.15) is 5.75 Å². The summed E-state index contributed by atoms with van der Waals surface area (Å²) in [7, 11) is 1.65. The molecule has 0 aromatic heterocycles. The minimum Gasteiger partial charge on any atom is -0.497 e. The average Bonchev–Trinajstić information content (AvgIpc) is 2.39. The van der Waals surface area contributed by atoms with E-state index in [4.69, 9.17) is 4.74 Å². The van der Waals surface area contributed by atoms with E-state index in [-0.39, 0.29) is 6.10 Å². The first-order valence-electron chi connectivity index (χ1n) is 6.54. The first-order valence-corrected chi connectivity index (χ1v) is 6.54. The van der Waals surface area contributed by atoms with Gasteiger partial charge in [0.05, 0.1) is 13.2 Å². The Bertz CT molecular complexity index is 305. The Morgan fingerprint density at radius 1 is 1.18 bits per heavy atom. The molecule has 17 heavy (non-hydrogen) atoms. The Balaban J connectivity index is 2.67. The molecule has 1 rings (SSSR count). The molecule has 0 bridgehead atoms. The lowest BCUT2D eigenvalue weighted by molar-refractivity contribution is 0.0989. The van der Waals surface area contributed by atoms with Crippen LogP contribution in [0.4, 0.5) is 0 Å². The third-order valence-corrected chi connectivity index (χ3v) is 3.36. The van der Waals surface area contributed by atoms with E-state index in [2.05, 4.69) is 13.8 Å². The second-order valence-electron chi connectivity index (χ2n) is 4.53. The molecule has 2 atom stereocenters. The lowest BCUT2D eigenvalue weighted by atomic mass is 9.89. The third-order valence-electron chi connectivity index (χ3n) is 3.36. The minimum absolute atomic E-state index is 0.350. The number of hydrogen-bond donors (Lipinski definition) is 1. The molecule has 0 aliphatic rings. The number of methoxy groups -OCH3 is 1. The molecular weight excluding hydrogens is 212 g/mol. The molecule has 2 unspecified atom stereocenters. The fourth-order valence-corrected chi connectivity index (χ4v) is 2.12. The van der Waals surface area contributed by atoms with Crippen molar-refractivity contribution < 1.29 is 9.84 Å². The van der Waals surface area contributed by atoms with Crippen LogP contribution < -0.4 is 4.74 Å². The molecule has 0 saturated carbocycles. The largest absolute Gasteiger partial charge is 0.497 e. The number of unbranched alkanes of at least 4 members (excludes halogenated alkanes) is 1. The van der Waals surface area contributed by atoms with Gasteiger partial charge >= 0.3 is 0 Å². The number of benzene rings is 1. The van der Waals surface area contributed by atoms with Crippen LogP contribution in [0.5, 0.6) is 5.75 Å². The molecule has 0 fully saturated rings. The summed E-state index contributed by atoms with van der Waals surface area (Å²) in [5.74, 6) is 1.20. The van der Waals surface area contributed by atoms with Gasteiger partial charge in [-0.05, 0) is 30.0 Å². The predicted octanol–water partition coefficient (Wildman–Crippen LogP) is 3.95. The maximum Gasteiger partial charge on any atom is 0.118 e. The van der Waals surface area contributed by atoms with Crippen molar-refractivity contribution in [3.8, 4) is 5.75 Å². The van der Waals surface area contributed by atoms with E-state index in [0.29, 0.717) is 5.92 Å². The smallest absolute Gasteiger partial charge is 0.118 e. The van der Waals surface area contributed by atoms with Crippen LogP contribution in [0.25, 0.3) is 0 Å². The van der Waals surface area contributed by atoms with Crippen molar-refractivity contribution in [2.75, 3.05) is 7.11 Å². The van der Waals surface area contributed by atoms with Crippen molar-refractivity contribution in [1.29, 1.82) is 0 Å². The van der Waals surface area contributed by atoms with E-state index in [1.54, 1.807) is 7.11 Å². The molecule has 96 valence electrons. The van der Waals surface area contributed by atoms with Gasteiger partial charge in [0.2, 0.25) is 0 Å². The van der Waals surface area contributed by atoms with Crippen LogP contribution in [-0.2, 0) is 0 Å². The van der Waals surface area contributed by atoms with E-state index in [9.17, 15) is 5.11 Å². The molecule has 1 aromatic rings. The van der Waals surface area contributed by atoms with E-state index in [1.807, 2.05) is 24.3 Å². The van der Waals surface area contributed by atoms with Gasteiger partial charge in [-0.1, -0.05) is 45.2 Å². The molecule has 0 aliphatic carbocycles. The summed E-state index contributed by atoms with van der Waals surface area (Å²) in [6, 6.07) is 7.73. The zero-order chi connectivity index (χ0) is 12.7. The topological polar surface area (TPSA) is 29.5 Å². The standard InChI is InChI=1S/C15H24O2/c1-4-6-7-12(5-2)15(16)13-8-10-14(17-3)11-9-13/h8-12,15-16H,4-7H2,1-3H3. The Labute approximate surface area is 105 Å². The summed E-state index contributed by atoms with van der Waals surface area (Å²) in [6.45, 7) is 4.33. The van der Waals surface area contributed by atoms with Crippen LogP contribution in [0.1, 0.15) is 51.2 Å². The van der Waals surface area contributed by atoms with Gasteiger partial charge in [-0.15, -0.1) is 0 Å². The molecular formula is C15H24O2. The summed E-state index contributed by atoms with van der Waals surface area (Å²) in [5.41, 5.74) is 0.994. The summed E-state index contributed by atoms with van der Waals surface area (Å²) in [4.78, 5) is 0. The van der Waals surface area contributed by atoms with Crippen molar-refractivity contribution >= 4 is 0 Å². The quantitative estimate of drug-likeness (QED) is 0.777. The fraction of sp³-hybridized carbons (Fsp3) is 0.600. The molecule has 0 spiro atoms. The Hall–Kier alpha value is -1.02. The number of aliphatic hydroxyl groups excluding tert-OH is 1. The molecule has 1 aromatic carbocycles. The van der Waals surface area contributed by atoms with Crippen LogP contribution in [0, 0.1) is 5.92 Å². The highest BCUT2D eigenvalue weighted by atomic mass is 16.5. The van der Waals surface area contributed by atoms with Crippen molar-refractivity contribution in [3.63, 3.8) is 0 Å². The Kier molecular flexibility index (Phi) is 6.06. The van der Waals surface area contributed by atoms with Gasteiger partial charge in [0.25, 0.3) is 0 Å². The van der Waals surface area contributed by atoms with Gasteiger partial charge in [0, 0.05) is 0 Å². The molecule has 0 aliphatic heterocycles. The monoisotopic (exact) mass is 236 g/mol. The second kappa shape index (κ2) is 7.33. The lowest BCUT2D eigenvalue weighted by Gasteiger charge is -2.22. The van der Waals surface area contributed by atoms with E-state index >= 15 is 0 Å². The van der Waals surface area contributed by atoms with Gasteiger partial charge in [-0.25, -0.2) is 0 Å². The molecule has 0 heterocycles. The first-order chi connectivity index (χ1) is 8.22. The maximum absolute atomic E-state index is 10.3. The van der Waals surface area contributed by atoms with Crippen molar-refractivity contribution in [2.45, 2.75) is 45.6 Å². The highest BCUT2D eigenvalue weighted by Gasteiger charge is 2.18. The van der Waals surface area contributed by atoms with Gasteiger partial charge in [-0.2, -0.15) is 0 Å². The molecule has 0 saturated heterocycles. The van der Waals surface area contributed by atoms with Gasteiger partial charge in [-0.3, -0.25) is 0 Å². The van der Waals surface area contributed by atoms with Crippen molar-refractivity contribution in [3.05, 3.63) is 29.8 Å². The van der Waals surface area contributed by atoms with Crippen LogP contribution in [0.2, 0.25) is 0 Å². The average molecular weight is 236 g/mol. The highest BCUT2D eigenvalue weighted by molar-refractivity contribution is 5.28.